The first-order valence-corrected chi connectivity index (χ1v) is 10.6. The smallest absolute Gasteiger partial charge is 0.229 e. The van der Waals surface area contributed by atoms with E-state index in [0.29, 0.717) is 0 Å². The van der Waals surface area contributed by atoms with Crippen LogP contribution in [0.15, 0.2) is 79.1 Å². The number of ether oxygens (including phenoxy) is 1. The van der Waals surface area contributed by atoms with Crippen LogP contribution in [0.3, 0.4) is 0 Å². The number of nitrogens with one attached hydrogen (secondary N) is 4. The molecule has 3 aromatic rings. The minimum atomic E-state index is -0.366. The van der Waals surface area contributed by atoms with Gasteiger partial charge in [0.05, 0.1) is 12.1 Å². The van der Waals surface area contributed by atoms with Gasteiger partial charge in [0.25, 0.3) is 0 Å². The highest BCUT2D eigenvalue weighted by atomic mass is 16.5. The number of hydrogen-bond acceptors (Lipinski definition) is 6. The number of carbonyl (C=O) groups is 1. The molecule has 0 aliphatic carbocycles. The molecule has 0 spiro atoms. The fourth-order valence-corrected chi connectivity index (χ4v) is 4.35. The van der Waals surface area contributed by atoms with Crippen molar-refractivity contribution < 1.29 is 9.53 Å². The number of hydrogen-bond donors (Lipinski definition) is 4. The van der Waals surface area contributed by atoms with Gasteiger partial charge in [0.1, 0.15) is 11.5 Å². The van der Waals surface area contributed by atoms with Crippen LogP contribution in [-0.4, -0.2) is 29.9 Å². The summed E-state index contributed by atoms with van der Waals surface area (Å²) in [5.41, 5.74) is 1.99. The molecule has 0 saturated carbocycles. The van der Waals surface area contributed by atoms with Gasteiger partial charge in [-0.25, -0.2) is 0 Å². The highest BCUT2D eigenvalue weighted by molar-refractivity contribution is 5.82. The summed E-state index contributed by atoms with van der Waals surface area (Å²) in [6.07, 6.45) is 4.06. The van der Waals surface area contributed by atoms with E-state index >= 15 is 0 Å². The lowest BCUT2D eigenvalue weighted by Crippen LogP contribution is -2.70. The van der Waals surface area contributed by atoms with Crippen molar-refractivity contribution in [3.05, 3.63) is 84.7 Å². The van der Waals surface area contributed by atoms with Gasteiger partial charge in [0.2, 0.25) is 5.91 Å². The molecule has 2 aromatic carbocycles. The average Bonchev–Trinajstić information content (AvgIpc) is 2.81. The van der Waals surface area contributed by atoms with Crippen LogP contribution in [-0.2, 0) is 4.79 Å². The van der Waals surface area contributed by atoms with E-state index < -0.39 is 0 Å². The van der Waals surface area contributed by atoms with Crippen molar-refractivity contribution in [2.45, 2.75) is 24.8 Å². The Labute approximate surface area is 181 Å². The molecule has 1 amide bonds. The molecule has 3 heterocycles. The maximum absolute atomic E-state index is 13.0. The highest BCUT2D eigenvalue weighted by Crippen LogP contribution is 2.34. The van der Waals surface area contributed by atoms with Crippen LogP contribution < -0.4 is 26.0 Å². The summed E-state index contributed by atoms with van der Waals surface area (Å²) in [4.78, 5) is 17.2. The molecule has 2 aliphatic heterocycles. The minimum absolute atomic E-state index is 0.0336. The number of rotatable bonds is 5. The maximum Gasteiger partial charge on any atom is 0.229 e. The Kier molecular flexibility index (Phi) is 5.52. The Hall–Kier alpha value is -3.42. The number of anilines is 1. The number of nitrogens with zero attached hydrogens (tertiary/aromatic N) is 1. The van der Waals surface area contributed by atoms with Crippen LogP contribution in [0.2, 0.25) is 0 Å². The second-order valence-electron chi connectivity index (χ2n) is 7.83. The van der Waals surface area contributed by atoms with Crippen LogP contribution in [0.1, 0.15) is 17.9 Å². The van der Waals surface area contributed by atoms with Crippen LogP contribution in [0.25, 0.3) is 0 Å². The van der Waals surface area contributed by atoms with Crippen LogP contribution in [0.5, 0.6) is 11.5 Å². The van der Waals surface area contributed by atoms with Gasteiger partial charge in [-0.2, -0.15) is 0 Å². The third-order valence-electron chi connectivity index (χ3n) is 5.80. The summed E-state index contributed by atoms with van der Waals surface area (Å²) in [6.45, 7) is 0.846. The van der Waals surface area contributed by atoms with Crippen molar-refractivity contribution in [1.29, 1.82) is 0 Å². The third kappa shape index (κ3) is 4.38. The largest absolute Gasteiger partial charge is 0.457 e. The quantitative estimate of drug-likeness (QED) is 0.513. The summed E-state index contributed by atoms with van der Waals surface area (Å²) in [7, 11) is 0. The topological polar surface area (TPSA) is 87.3 Å². The fraction of sp³-hybridized carbons (Fsp3) is 0.250. The number of amides is 1. The SMILES string of the molecule is O=C1NC(Nc2ccc(Oc3ccccc3)cc2)NC2NCCC(c3cccnc3)C12. The van der Waals surface area contributed by atoms with Crippen molar-refractivity contribution in [3.63, 3.8) is 0 Å². The van der Waals surface area contributed by atoms with Gasteiger partial charge in [-0.15, -0.1) is 0 Å². The zero-order valence-electron chi connectivity index (χ0n) is 17.0. The van der Waals surface area contributed by atoms with Gasteiger partial charge in [-0.3, -0.25) is 15.1 Å². The number of fused-ring (bicyclic) bond motifs is 1. The highest BCUT2D eigenvalue weighted by Gasteiger charge is 2.43. The molecule has 7 heteroatoms. The maximum atomic E-state index is 13.0. The predicted molar refractivity (Wildman–Crippen MR) is 119 cm³/mol. The molecule has 158 valence electrons. The van der Waals surface area contributed by atoms with E-state index in [4.69, 9.17) is 4.74 Å². The van der Waals surface area contributed by atoms with E-state index in [0.717, 1.165) is 35.7 Å². The first-order chi connectivity index (χ1) is 15.3. The summed E-state index contributed by atoms with van der Waals surface area (Å²) >= 11 is 0. The number of para-hydroxylation sites is 1. The summed E-state index contributed by atoms with van der Waals surface area (Å²) in [5, 5.41) is 13.3. The lowest BCUT2D eigenvalue weighted by atomic mass is 9.78. The van der Waals surface area contributed by atoms with Crippen LogP contribution >= 0.6 is 0 Å². The zero-order chi connectivity index (χ0) is 21.0. The van der Waals surface area contributed by atoms with Gasteiger partial charge in [0, 0.05) is 24.0 Å². The Bertz CT molecular complexity index is 1010. The number of benzene rings is 2. The molecule has 5 rings (SSSR count). The molecule has 0 radical (unpaired) electrons. The van der Waals surface area contributed by atoms with Gasteiger partial charge in [0.15, 0.2) is 6.29 Å². The molecule has 4 unspecified atom stereocenters. The first-order valence-electron chi connectivity index (χ1n) is 10.6. The van der Waals surface area contributed by atoms with E-state index in [9.17, 15) is 4.79 Å². The summed E-state index contributed by atoms with van der Waals surface area (Å²) < 4.78 is 5.84. The average molecular weight is 415 g/mol. The van der Waals surface area contributed by atoms with Crippen molar-refractivity contribution >= 4 is 11.6 Å². The van der Waals surface area contributed by atoms with Gasteiger partial charge in [-0.1, -0.05) is 24.3 Å². The standard InChI is InChI=1S/C24H25N5O2/c30-23-21-20(16-5-4-13-25-15-16)12-14-26-22(21)28-24(29-23)27-17-8-10-19(11-9-17)31-18-6-2-1-3-7-18/h1-11,13,15,20-22,24,26-28H,12,14H2,(H,29,30). The molecular weight excluding hydrogens is 390 g/mol. The molecule has 2 aliphatic rings. The molecule has 0 bridgehead atoms. The second-order valence-corrected chi connectivity index (χ2v) is 7.83. The number of pyridine rings is 1. The van der Waals surface area contributed by atoms with Crippen molar-refractivity contribution in [2.75, 3.05) is 11.9 Å². The minimum Gasteiger partial charge on any atom is -0.457 e. The third-order valence-corrected chi connectivity index (χ3v) is 5.80. The van der Waals surface area contributed by atoms with Gasteiger partial charge in [-0.05, 0) is 61.0 Å². The number of aromatic nitrogens is 1. The molecule has 7 nitrogen and oxygen atoms in total. The van der Waals surface area contributed by atoms with Gasteiger partial charge < -0.3 is 20.7 Å². The van der Waals surface area contributed by atoms with E-state index in [-0.39, 0.29) is 30.2 Å². The molecule has 1 aromatic heterocycles. The lowest BCUT2D eigenvalue weighted by Gasteiger charge is -2.44. The summed E-state index contributed by atoms with van der Waals surface area (Å²) in [6, 6.07) is 21.3. The lowest BCUT2D eigenvalue weighted by molar-refractivity contribution is -0.131. The van der Waals surface area contributed by atoms with Gasteiger partial charge >= 0.3 is 0 Å². The predicted octanol–water partition coefficient (Wildman–Crippen LogP) is 3.01. The Morgan fingerprint density at radius 1 is 0.968 bits per heavy atom. The number of carbonyl (C=O) groups excluding carboxylic acids is 1. The molecular formula is C24H25N5O2. The Morgan fingerprint density at radius 3 is 2.55 bits per heavy atom. The molecule has 31 heavy (non-hydrogen) atoms. The zero-order valence-corrected chi connectivity index (χ0v) is 17.0. The van der Waals surface area contributed by atoms with Crippen molar-refractivity contribution in [3.8, 4) is 11.5 Å². The van der Waals surface area contributed by atoms with E-state index in [1.165, 1.54) is 0 Å². The normalized spacial score (nSPS) is 25.2. The Balaban J connectivity index is 1.23. The Morgan fingerprint density at radius 2 is 1.77 bits per heavy atom. The molecule has 2 saturated heterocycles. The second kappa shape index (κ2) is 8.75. The fourth-order valence-electron chi connectivity index (χ4n) is 4.35. The molecule has 4 atom stereocenters. The van der Waals surface area contributed by atoms with Crippen LogP contribution in [0.4, 0.5) is 5.69 Å². The molecule has 2 fully saturated rings. The molecule has 4 N–H and O–H groups in total. The first kappa shape index (κ1) is 19.5. The van der Waals surface area contributed by atoms with Crippen molar-refractivity contribution in [1.82, 2.24) is 20.9 Å². The summed E-state index contributed by atoms with van der Waals surface area (Å²) in [5.74, 6) is 1.54. The number of piperidine rings is 1. The van der Waals surface area contributed by atoms with Crippen LogP contribution in [0, 0.1) is 5.92 Å². The van der Waals surface area contributed by atoms with E-state index in [2.05, 4.69) is 32.3 Å². The monoisotopic (exact) mass is 415 g/mol. The van der Waals surface area contributed by atoms with Crippen molar-refractivity contribution in [2.24, 2.45) is 5.92 Å². The van der Waals surface area contributed by atoms with E-state index in [1.807, 2.05) is 66.9 Å². The van der Waals surface area contributed by atoms with E-state index in [1.54, 1.807) is 6.20 Å².